The lowest BCUT2D eigenvalue weighted by Gasteiger charge is -2.28. The molecule has 2 aromatic carbocycles. The van der Waals surface area contributed by atoms with E-state index in [2.05, 4.69) is 29.2 Å². The zero-order chi connectivity index (χ0) is 14.5. The van der Waals surface area contributed by atoms with E-state index in [0.717, 1.165) is 37.6 Å². The predicted octanol–water partition coefficient (Wildman–Crippen LogP) is 3.13. The molecule has 0 aromatic heterocycles. The summed E-state index contributed by atoms with van der Waals surface area (Å²) >= 11 is 0. The third-order valence-electron chi connectivity index (χ3n) is 3.93. The van der Waals surface area contributed by atoms with Crippen molar-refractivity contribution in [3.8, 4) is 11.5 Å². The van der Waals surface area contributed by atoms with Crippen LogP contribution in [0.4, 0.5) is 0 Å². The minimum absolute atomic E-state index is 0.704. The molecule has 0 saturated carbocycles. The van der Waals surface area contributed by atoms with Crippen LogP contribution < -0.4 is 9.47 Å². The van der Waals surface area contributed by atoms with Gasteiger partial charge in [-0.3, -0.25) is 4.90 Å². The Balaban J connectivity index is 1.50. The Morgan fingerprint density at radius 2 is 1.81 bits per heavy atom. The van der Waals surface area contributed by atoms with Crippen LogP contribution in [-0.2, 0) is 13.0 Å². The molecule has 2 aromatic rings. The van der Waals surface area contributed by atoms with Gasteiger partial charge in [0.2, 0.25) is 0 Å². The first-order chi connectivity index (χ1) is 10.3. The lowest BCUT2D eigenvalue weighted by atomic mass is 10.0. The maximum atomic E-state index is 5.82. The lowest BCUT2D eigenvalue weighted by molar-refractivity contribution is 0.196. The van der Waals surface area contributed by atoms with Gasteiger partial charge in [-0.15, -0.1) is 0 Å². The fraction of sp³-hybridized carbons (Fsp3) is 0.333. The second-order valence-electron chi connectivity index (χ2n) is 5.32. The smallest absolute Gasteiger partial charge is 0.123 e. The molecule has 0 amide bonds. The zero-order valence-electron chi connectivity index (χ0n) is 12.4. The van der Waals surface area contributed by atoms with Gasteiger partial charge in [-0.2, -0.15) is 0 Å². The average molecular weight is 283 g/mol. The van der Waals surface area contributed by atoms with Crippen molar-refractivity contribution in [1.82, 2.24) is 4.90 Å². The zero-order valence-corrected chi connectivity index (χ0v) is 12.4. The Labute approximate surface area is 126 Å². The fourth-order valence-electron chi connectivity index (χ4n) is 2.73. The van der Waals surface area contributed by atoms with Gasteiger partial charge in [-0.25, -0.2) is 0 Å². The van der Waals surface area contributed by atoms with Crippen molar-refractivity contribution in [3.63, 3.8) is 0 Å². The van der Waals surface area contributed by atoms with E-state index < -0.39 is 0 Å². The minimum atomic E-state index is 0.704. The highest BCUT2D eigenvalue weighted by Crippen LogP contribution is 2.20. The van der Waals surface area contributed by atoms with Crippen molar-refractivity contribution in [2.45, 2.75) is 13.0 Å². The molecule has 3 rings (SSSR count). The molecule has 0 spiro atoms. The molecule has 0 bridgehead atoms. The molecule has 0 N–H and O–H groups in total. The minimum Gasteiger partial charge on any atom is -0.497 e. The summed E-state index contributed by atoms with van der Waals surface area (Å²) in [5, 5.41) is 0. The molecule has 3 nitrogen and oxygen atoms in total. The van der Waals surface area contributed by atoms with Crippen LogP contribution in [0.25, 0.3) is 0 Å². The van der Waals surface area contributed by atoms with Crippen molar-refractivity contribution in [1.29, 1.82) is 0 Å². The van der Waals surface area contributed by atoms with E-state index in [9.17, 15) is 0 Å². The summed E-state index contributed by atoms with van der Waals surface area (Å²) in [7, 11) is 1.67. The number of methoxy groups -OCH3 is 1. The first-order valence-electron chi connectivity index (χ1n) is 7.41. The summed E-state index contributed by atoms with van der Waals surface area (Å²) in [5.41, 5.74) is 2.94. The molecule has 21 heavy (non-hydrogen) atoms. The Morgan fingerprint density at radius 1 is 1.00 bits per heavy atom. The summed E-state index contributed by atoms with van der Waals surface area (Å²) in [5.74, 6) is 1.70. The molecule has 1 aliphatic heterocycles. The van der Waals surface area contributed by atoms with E-state index in [0.29, 0.717) is 6.61 Å². The number of nitrogens with zero attached hydrogens (tertiary/aromatic N) is 1. The highest BCUT2D eigenvalue weighted by Gasteiger charge is 2.15. The molecule has 0 fully saturated rings. The number of fused-ring (bicyclic) bond motifs is 1. The second-order valence-corrected chi connectivity index (χ2v) is 5.32. The van der Waals surface area contributed by atoms with Crippen molar-refractivity contribution in [3.05, 3.63) is 59.7 Å². The topological polar surface area (TPSA) is 21.7 Å². The standard InChI is InChI=1S/C18H21NO2/c1-20-17-7-4-8-18(13-17)21-12-11-19-10-9-15-5-2-3-6-16(15)14-19/h2-8,13H,9-12,14H2,1H3. The van der Waals surface area contributed by atoms with Crippen molar-refractivity contribution < 1.29 is 9.47 Å². The second kappa shape index (κ2) is 6.64. The lowest BCUT2D eigenvalue weighted by Crippen LogP contribution is -2.33. The van der Waals surface area contributed by atoms with Gasteiger partial charge in [0.1, 0.15) is 18.1 Å². The van der Waals surface area contributed by atoms with Gasteiger partial charge in [0.25, 0.3) is 0 Å². The van der Waals surface area contributed by atoms with E-state index in [1.807, 2.05) is 24.3 Å². The normalized spacial score (nSPS) is 14.5. The molecule has 110 valence electrons. The van der Waals surface area contributed by atoms with Crippen LogP contribution in [0, 0.1) is 0 Å². The monoisotopic (exact) mass is 283 g/mol. The van der Waals surface area contributed by atoms with Gasteiger partial charge in [0, 0.05) is 25.7 Å². The van der Waals surface area contributed by atoms with Gasteiger partial charge < -0.3 is 9.47 Å². The molecule has 0 unspecified atom stereocenters. The van der Waals surface area contributed by atoms with Crippen molar-refractivity contribution in [2.24, 2.45) is 0 Å². The van der Waals surface area contributed by atoms with Crippen LogP contribution >= 0.6 is 0 Å². The fourth-order valence-corrected chi connectivity index (χ4v) is 2.73. The summed E-state index contributed by atoms with van der Waals surface area (Å²) in [6, 6.07) is 16.5. The van der Waals surface area contributed by atoms with E-state index in [1.165, 1.54) is 11.1 Å². The van der Waals surface area contributed by atoms with Gasteiger partial charge in [0.15, 0.2) is 0 Å². The predicted molar refractivity (Wildman–Crippen MR) is 83.9 cm³/mol. The van der Waals surface area contributed by atoms with Crippen LogP contribution in [0.5, 0.6) is 11.5 Å². The number of rotatable bonds is 5. The summed E-state index contributed by atoms with van der Waals surface area (Å²) < 4.78 is 11.0. The molecule has 1 aliphatic rings. The Morgan fingerprint density at radius 3 is 2.67 bits per heavy atom. The molecule has 1 heterocycles. The Hall–Kier alpha value is -2.00. The van der Waals surface area contributed by atoms with Crippen LogP contribution in [0.15, 0.2) is 48.5 Å². The van der Waals surface area contributed by atoms with E-state index in [4.69, 9.17) is 9.47 Å². The molecular weight excluding hydrogens is 262 g/mol. The highest BCUT2D eigenvalue weighted by molar-refractivity contribution is 5.33. The van der Waals surface area contributed by atoms with Gasteiger partial charge in [-0.1, -0.05) is 30.3 Å². The van der Waals surface area contributed by atoms with Crippen molar-refractivity contribution in [2.75, 3.05) is 26.8 Å². The number of benzene rings is 2. The first kappa shape index (κ1) is 14.0. The first-order valence-corrected chi connectivity index (χ1v) is 7.41. The summed E-state index contributed by atoms with van der Waals surface area (Å²) in [6.45, 7) is 3.79. The molecule has 3 heteroatoms. The average Bonchev–Trinajstić information content (AvgIpc) is 2.55. The third-order valence-corrected chi connectivity index (χ3v) is 3.93. The Kier molecular flexibility index (Phi) is 4.41. The number of hydrogen-bond donors (Lipinski definition) is 0. The maximum Gasteiger partial charge on any atom is 0.123 e. The Bertz CT molecular complexity index is 597. The van der Waals surface area contributed by atoms with Crippen molar-refractivity contribution >= 4 is 0 Å². The van der Waals surface area contributed by atoms with Crippen LogP contribution in [0.2, 0.25) is 0 Å². The number of hydrogen-bond acceptors (Lipinski definition) is 3. The van der Waals surface area contributed by atoms with E-state index in [-0.39, 0.29) is 0 Å². The van der Waals surface area contributed by atoms with Crippen LogP contribution in [-0.4, -0.2) is 31.7 Å². The van der Waals surface area contributed by atoms with E-state index in [1.54, 1.807) is 7.11 Å². The number of ether oxygens (including phenoxy) is 2. The van der Waals surface area contributed by atoms with Gasteiger partial charge in [0.05, 0.1) is 7.11 Å². The van der Waals surface area contributed by atoms with Gasteiger partial charge >= 0.3 is 0 Å². The summed E-state index contributed by atoms with van der Waals surface area (Å²) in [4.78, 5) is 2.45. The SMILES string of the molecule is COc1cccc(OCCN2CCc3ccccc3C2)c1. The van der Waals surface area contributed by atoms with Crippen LogP contribution in [0.3, 0.4) is 0 Å². The summed E-state index contributed by atoms with van der Waals surface area (Å²) in [6.07, 6.45) is 1.13. The maximum absolute atomic E-state index is 5.82. The van der Waals surface area contributed by atoms with Gasteiger partial charge in [-0.05, 0) is 29.7 Å². The molecular formula is C18H21NO2. The highest BCUT2D eigenvalue weighted by atomic mass is 16.5. The van der Waals surface area contributed by atoms with Crippen LogP contribution in [0.1, 0.15) is 11.1 Å². The molecule has 0 aliphatic carbocycles. The molecule has 0 saturated heterocycles. The van der Waals surface area contributed by atoms with E-state index >= 15 is 0 Å². The largest absolute Gasteiger partial charge is 0.497 e. The molecule has 0 radical (unpaired) electrons. The molecule has 0 atom stereocenters. The quantitative estimate of drug-likeness (QED) is 0.841. The third kappa shape index (κ3) is 3.56.